The van der Waals surface area contributed by atoms with Gasteiger partial charge in [-0.3, -0.25) is 0 Å². The average molecular weight is 245 g/mol. The van der Waals surface area contributed by atoms with Crippen molar-refractivity contribution in [2.75, 3.05) is 26.3 Å². The van der Waals surface area contributed by atoms with E-state index in [1.807, 2.05) is 27.7 Å². The van der Waals surface area contributed by atoms with Crippen molar-refractivity contribution in [1.29, 1.82) is 0 Å². The maximum atomic E-state index is 11.2. The number of esters is 1. The molecule has 0 aliphatic carbocycles. The molecule has 17 heavy (non-hydrogen) atoms. The number of rotatable bonds is 5. The van der Waals surface area contributed by atoms with E-state index in [0.29, 0.717) is 6.61 Å². The minimum absolute atomic E-state index is 0.00870. The number of carbonyl (C=O) groups is 1. The van der Waals surface area contributed by atoms with Gasteiger partial charge in [-0.15, -0.1) is 0 Å². The number of nitrogens with one attached hydrogen (secondary N) is 1. The monoisotopic (exact) mass is 245 g/mol. The molecule has 1 N–H and O–H groups in total. The molecule has 0 radical (unpaired) electrons. The lowest BCUT2D eigenvalue weighted by molar-refractivity contribution is -0.157. The standard InChI is InChI=1S/C12H23NO4/c1-9(2)16-11(14)7-15-6-10-5-13-8-12(3,4)17-10/h9-10,13H,5-8H2,1-4H3. The minimum atomic E-state index is -0.331. The topological polar surface area (TPSA) is 56.8 Å². The fourth-order valence-corrected chi connectivity index (χ4v) is 1.73. The van der Waals surface area contributed by atoms with E-state index in [1.165, 1.54) is 0 Å². The first kappa shape index (κ1) is 14.4. The molecule has 1 aliphatic rings. The van der Waals surface area contributed by atoms with Gasteiger partial charge in [0.25, 0.3) is 0 Å². The Morgan fingerprint density at radius 3 is 2.82 bits per heavy atom. The summed E-state index contributed by atoms with van der Waals surface area (Å²) < 4.78 is 16.0. The summed E-state index contributed by atoms with van der Waals surface area (Å²) in [5.41, 5.74) is -0.176. The first-order valence-corrected chi connectivity index (χ1v) is 6.05. The van der Waals surface area contributed by atoms with E-state index in [4.69, 9.17) is 14.2 Å². The number of carbonyl (C=O) groups excluding carboxylic acids is 1. The quantitative estimate of drug-likeness (QED) is 0.723. The average Bonchev–Trinajstić information content (AvgIpc) is 2.14. The van der Waals surface area contributed by atoms with Crippen LogP contribution in [0.2, 0.25) is 0 Å². The first-order valence-electron chi connectivity index (χ1n) is 6.05. The van der Waals surface area contributed by atoms with Crippen LogP contribution in [-0.4, -0.2) is 50.1 Å². The number of hydrogen-bond donors (Lipinski definition) is 1. The highest BCUT2D eigenvalue weighted by molar-refractivity contribution is 5.70. The Hall–Kier alpha value is -0.650. The van der Waals surface area contributed by atoms with Gasteiger partial charge < -0.3 is 19.5 Å². The van der Waals surface area contributed by atoms with Crippen molar-refractivity contribution in [3.63, 3.8) is 0 Å². The van der Waals surface area contributed by atoms with Gasteiger partial charge in [-0.2, -0.15) is 0 Å². The molecule has 1 aliphatic heterocycles. The van der Waals surface area contributed by atoms with Crippen molar-refractivity contribution in [3.05, 3.63) is 0 Å². The Kier molecular flexibility index (Phi) is 5.36. The Balaban J connectivity index is 2.16. The van der Waals surface area contributed by atoms with Crippen LogP contribution in [0.25, 0.3) is 0 Å². The van der Waals surface area contributed by atoms with Gasteiger partial charge in [-0.25, -0.2) is 4.79 Å². The second-order valence-electron chi connectivity index (χ2n) is 5.18. The lowest BCUT2D eigenvalue weighted by atomic mass is 10.1. The Labute approximate surface area is 103 Å². The molecule has 5 nitrogen and oxygen atoms in total. The van der Waals surface area contributed by atoms with Crippen molar-refractivity contribution in [2.45, 2.75) is 45.5 Å². The van der Waals surface area contributed by atoms with E-state index >= 15 is 0 Å². The van der Waals surface area contributed by atoms with Gasteiger partial charge in [0.15, 0.2) is 0 Å². The molecule has 0 spiro atoms. The normalized spacial score (nSPS) is 23.7. The molecule has 0 aromatic rings. The van der Waals surface area contributed by atoms with Crippen molar-refractivity contribution >= 4 is 5.97 Å². The van der Waals surface area contributed by atoms with Gasteiger partial charge in [-0.1, -0.05) is 0 Å². The molecule has 1 atom stereocenters. The van der Waals surface area contributed by atoms with Crippen LogP contribution in [0.5, 0.6) is 0 Å². The van der Waals surface area contributed by atoms with Gasteiger partial charge in [0.2, 0.25) is 0 Å². The van der Waals surface area contributed by atoms with Crippen molar-refractivity contribution in [2.24, 2.45) is 0 Å². The van der Waals surface area contributed by atoms with Crippen LogP contribution in [0.15, 0.2) is 0 Å². The zero-order valence-corrected chi connectivity index (χ0v) is 11.1. The van der Waals surface area contributed by atoms with E-state index in [0.717, 1.165) is 13.1 Å². The zero-order chi connectivity index (χ0) is 12.9. The van der Waals surface area contributed by atoms with Gasteiger partial charge in [-0.05, 0) is 27.7 Å². The summed E-state index contributed by atoms with van der Waals surface area (Å²) in [4.78, 5) is 11.2. The molecule has 1 saturated heterocycles. The van der Waals surface area contributed by atoms with E-state index in [9.17, 15) is 4.79 Å². The molecule has 0 aromatic heterocycles. The van der Waals surface area contributed by atoms with Gasteiger partial charge in [0.1, 0.15) is 6.61 Å². The van der Waals surface area contributed by atoms with Crippen molar-refractivity contribution in [3.8, 4) is 0 Å². The lowest BCUT2D eigenvalue weighted by Gasteiger charge is -2.36. The molecule has 0 amide bonds. The van der Waals surface area contributed by atoms with E-state index < -0.39 is 0 Å². The Morgan fingerprint density at radius 1 is 1.53 bits per heavy atom. The summed E-state index contributed by atoms with van der Waals surface area (Å²) in [6.07, 6.45) is -0.108. The number of hydrogen-bond acceptors (Lipinski definition) is 5. The molecule has 1 unspecified atom stereocenters. The fraction of sp³-hybridized carbons (Fsp3) is 0.917. The van der Waals surface area contributed by atoms with Crippen LogP contribution in [0, 0.1) is 0 Å². The minimum Gasteiger partial charge on any atom is -0.461 e. The van der Waals surface area contributed by atoms with Crippen LogP contribution in [0.4, 0.5) is 0 Å². The molecule has 5 heteroatoms. The third kappa shape index (κ3) is 6.00. The SMILES string of the molecule is CC(C)OC(=O)COCC1CNCC(C)(C)O1. The van der Waals surface area contributed by atoms with Crippen molar-refractivity contribution in [1.82, 2.24) is 5.32 Å². The summed E-state index contributed by atoms with van der Waals surface area (Å²) in [5, 5.41) is 3.27. The van der Waals surface area contributed by atoms with Gasteiger partial charge >= 0.3 is 5.97 Å². The predicted octanol–water partition coefficient (Wildman–Crippen LogP) is 0.722. The molecule has 0 saturated carbocycles. The number of morpholine rings is 1. The van der Waals surface area contributed by atoms with Crippen LogP contribution >= 0.6 is 0 Å². The third-order valence-corrected chi connectivity index (χ3v) is 2.30. The fourth-order valence-electron chi connectivity index (χ4n) is 1.73. The van der Waals surface area contributed by atoms with E-state index in [2.05, 4.69) is 5.32 Å². The summed E-state index contributed by atoms with van der Waals surface area (Å²) in [6, 6.07) is 0. The second-order valence-corrected chi connectivity index (χ2v) is 5.18. The largest absolute Gasteiger partial charge is 0.461 e. The number of ether oxygens (including phenoxy) is 3. The van der Waals surface area contributed by atoms with Crippen LogP contribution in [0.1, 0.15) is 27.7 Å². The summed E-state index contributed by atoms with van der Waals surface area (Å²) in [7, 11) is 0. The highest BCUT2D eigenvalue weighted by Crippen LogP contribution is 2.15. The highest BCUT2D eigenvalue weighted by atomic mass is 16.6. The van der Waals surface area contributed by atoms with Crippen LogP contribution in [-0.2, 0) is 19.0 Å². The third-order valence-electron chi connectivity index (χ3n) is 2.30. The maximum Gasteiger partial charge on any atom is 0.332 e. The molecule has 0 aromatic carbocycles. The summed E-state index contributed by atoms with van der Waals surface area (Å²) in [5.74, 6) is -0.331. The Morgan fingerprint density at radius 2 is 2.24 bits per heavy atom. The molecular formula is C12H23NO4. The molecule has 100 valence electrons. The molecule has 0 bridgehead atoms. The maximum absolute atomic E-state index is 11.2. The van der Waals surface area contributed by atoms with E-state index in [-0.39, 0.29) is 30.4 Å². The Bertz CT molecular complexity index is 253. The zero-order valence-electron chi connectivity index (χ0n) is 11.1. The van der Waals surface area contributed by atoms with Crippen LogP contribution in [0.3, 0.4) is 0 Å². The summed E-state index contributed by atoms with van der Waals surface area (Å²) >= 11 is 0. The van der Waals surface area contributed by atoms with Gasteiger partial charge in [0.05, 0.1) is 24.4 Å². The lowest BCUT2D eigenvalue weighted by Crippen LogP contribution is -2.52. The molecule has 1 heterocycles. The van der Waals surface area contributed by atoms with Crippen LogP contribution < -0.4 is 5.32 Å². The van der Waals surface area contributed by atoms with Crippen molar-refractivity contribution < 1.29 is 19.0 Å². The summed E-state index contributed by atoms with van der Waals surface area (Å²) in [6.45, 7) is 9.66. The molecule has 1 rings (SSSR count). The predicted molar refractivity (Wildman–Crippen MR) is 63.9 cm³/mol. The smallest absolute Gasteiger partial charge is 0.332 e. The van der Waals surface area contributed by atoms with E-state index in [1.54, 1.807) is 0 Å². The first-order chi connectivity index (χ1) is 7.89. The second kappa shape index (κ2) is 6.33. The molecule has 1 fully saturated rings. The highest BCUT2D eigenvalue weighted by Gasteiger charge is 2.28. The van der Waals surface area contributed by atoms with Gasteiger partial charge in [0, 0.05) is 13.1 Å². The molecular weight excluding hydrogens is 222 g/mol.